The van der Waals surface area contributed by atoms with Gasteiger partial charge in [0.15, 0.2) is 21.4 Å². The van der Waals surface area contributed by atoms with Crippen LogP contribution >= 0.6 is 34.8 Å². The van der Waals surface area contributed by atoms with E-state index in [1.54, 1.807) is 13.8 Å². The summed E-state index contributed by atoms with van der Waals surface area (Å²) in [7, 11) is 0. The van der Waals surface area contributed by atoms with Gasteiger partial charge in [0.2, 0.25) is 0 Å². The van der Waals surface area contributed by atoms with Gasteiger partial charge in [-0.1, -0.05) is 34.8 Å². The number of hydrogen-bond donors (Lipinski definition) is 0. The third kappa shape index (κ3) is 6.70. The fraction of sp³-hybridized carbons (Fsp3) is 0.333. The van der Waals surface area contributed by atoms with E-state index in [1.165, 1.54) is 24.8 Å². The lowest BCUT2D eigenvalue weighted by molar-refractivity contribution is -0.157. The van der Waals surface area contributed by atoms with Gasteiger partial charge in [-0.2, -0.15) is 0 Å². The maximum atomic E-state index is 11.8. The topological polar surface area (TPSA) is 104 Å². The Morgan fingerprint density at radius 2 is 1.19 bits per heavy atom. The van der Waals surface area contributed by atoms with Crippen molar-refractivity contribution in [2.24, 2.45) is 0 Å². The molecule has 0 aliphatic heterocycles. The minimum atomic E-state index is -1.30. The molecule has 11 heteroatoms. The largest absolute Gasteiger partial charge is 0.465 e. The molecule has 8 nitrogen and oxygen atoms in total. The molecule has 0 saturated heterocycles. The summed E-state index contributed by atoms with van der Waals surface area (Å²) in [6, 6.07) is 0. The molecule has 0 saturated carbocycles. The zero-order chi connectivity index (χ0) is 19.5. The Morgan fingerprint density at radius 3 is 1.54 bits per heavy atom. The molecule has 0 aliphatic carbocycles. The van der Waals surface area contributed by atoms with Gasteiger partial charge >= 0.3 is 11.9 Å². The van der Waals surface area contributed by atoms with Crippen molar-refractivity contribution in [1.29, 1.82) is 0 Å². The highest BCUT2D eigenvalue weighted by Gasteiger charge is 2.34. The molecule has 0 fully saturated rings. The average molecular weight is 422 g/mol. The predicted molar refractivity (Wildman–Crippen MR) is 95.1 cm³/mol. The van der Waals surface area contributed by atoms with Crippen molar-refractivity contribution in [3.05, 3.63) is 45.9 Å². The van der Waals surface area contributed by atoms with Crippen LogP contribution in [-0.4, -0.2) is 45.1 Å². The number of rotatable bonds is 5. The molecule has 2 heterocycles. The number of nitrogens with zero attached hydrogens (tertiary/aromatic N) is 4. The molecular weight excluding hydrogens is 407 g/mol. The number of carbonyl (C=O) groups is 2. The minimum absolute atomic E-state index is 0.0244. The predicted octanol–water partition coefficient (Wildman–Crippen LogP) is 3.12. The van der Waals surface area contributed by atoms with E-state index in [1.807, 2.05) is 0 Å². The van der Waals surface area contributed by atoms with Gasteiger partial charge < -0.3 is 9.47 Å². The molecule has 2 aromatic heterocycles. The van der Waals surface area contributed by atoms with Crippen molar-refractivity contribution >= 4 is 46.7 Å². The molecule has 0 N–H and O–H groups in total. The normalized spacial score (nSPS) is 9.92. The summed E-state index contributed by atoms with van der Waals surface area (Å²) in [5.74, 6) is -2.80. The van der Waals surface area contributed by atoms with E-state index < -0.39 is 17.9 Å². The molecule has 140 valence electrons. The Hall–Kier alpha value is -2.03. The average Bonchev–Trinajstić information content (AvgIpc) is 2.61. The van der Waals surface area contributed by atoms with Gasteiger partial charge in [0.05, 0.1) is 13.2 Å². The van der Waals surface area contributed by atoms with E-state index in [-0.39, 0.29) is 34.4 Å². The van der Waals surface area contributed by atoms with E-state index in [9.17, 15) is 9.59 Å². The maximum Gasteiger partial charge on any atom is 0.326 e. The van der Waals surface area contributed by atoms with Crippen molar-refractivity contribution in [1.82, 2.24) is 19.9 Å². The van der Waals surface area contributed by atoms with Gasteiger partial charge in [0.25, 0.3) is 0 Å². The summed E-state index contributed by atoms with van der Waals surface area (Å²) < 4.78 is 9.63. The summed E-state index contributed by atoms with van der Waals surface area (Å²) in [5, 5.41) is 0.465. The van der Waals surface area contributed by atoms with Crippen molar-refractivity contribution in [2.75, 3.05) is 13.2 Å². The van der Waals surface area contributed by atoms with Crippen molar-refractivity contribution in [3.8, 4) is 0 Å². The van der Waals surface area contributed by atoms with E-state index >= 15 is 0 Å². The van der Waals surface area contributed by atoms with Crippen LogP contribution in [0.25, 0.3) is 0 Å². The lowest BCUT2D eigenvalue weighted by atomic mass is 10.1. The van der Waals surface area contributed by atoms with Crippen LogP contribution < -0.4 is 0 Å². The summed E-state index contributed by atoms with van der Waals surface area (Å²) >= 11 is 16.6. The van der Waals surface area contributed by atoms with Crippen LogP contribution in [0.3, 0.4) is 0 Å². The highest BCUT2D eigenvalue weighted by molar-refractivity contribution is 6.40. The number of halogens is 3. The second-order valence-corrected chi connectivity index (χ2v) is 5.38. The zero-order valence-electron chi connectivity index (χ0n) is 13.9. The molecule has 2 aromatic rings. The third-order valence-corrected chi connectivity index (χ3v) is 3.55. The van der Waals surface area contributed by atoms with Gasteiger partial charge in [-0.25, -0.2) is 15.0 Å². The third-order valence-electron chi connectivity index (χ3n) is 2.61. The summed E-state index contributed by atoms with van der Waals surface area (Å²) in [4.78, 5) is 38.5. The number of aromatic nitrogens is 4. The second-order valence-electron chi connectivity index (χ2n) is 4.31. The van der Waals surface area contributed by atoms with E-state index in [4.69, 9.17) is 44.3 Å². The van der Waals surface area contributed by atoms with Crippen LogP contribution in [0.1, 0.15) is 25.5 Å². The first-order valence-corrected chi connectivity index (χ1v) is 8.47. The molecule has 26 heavy (non-hydrogen) atoms. The first kappa shape index (κ1) is 22.0. The number of carbonyl (C=O) groups excluding carboxylic acids is 2. The first-order chi connectivity index (χ1) is 12.4. The van der Waals surface area contributed by atoms with Gasteiger partial charge in [-0.05, 0) is 13.8 Å². The van der Waals surface area contributed by atoms with Crippen LogP contribution in [0, 0.1) is 0 Å². The van der Waals surface area contributed by atoms with Gasteiger partial charge in [-0.15, -0.1) is 0 Å². The molecule has 0 amide bonds. The minimum Gasteiger partial charge on any atom is -0.465 e. The lowest BCUT2D eigenvalue weighted by Crippen LogP contribution is -2.27. The molecule has 0 aromatic carbocycles. The number of esters is 2. The Kier molecular flexibility index (Phi) is 9.79. The van der Waals surface area contributed by atoms with Gasteiger partial charge in [-0.3, -0.25) is 14.6 Å². The smallest absolute Gasteiger partial charge is 0.326 e. The summed E-state index contributed by atoms with van der Waals surface area (Å²) in [6.07, 6.45) is 5.66. The standard InChI is InChI=1S/C11H13ClN2O4.C4H2Cl2N2/c1-3-17-10(15)7(11(16)18-4-2)8-9(12)14-6-5-13-8;5-3-4(6)8-2-1-7-3/h5-7H,3-4H2,1-2H3;1-2H. The van der Waals surface area contributed by atoms with Crippen molar-refractivity contribution < 1.29 is 19.1 Å². The van der Waals surface area contributed by atoms with Crippen LogP contribution in [0.4, 0.5) is 0 Å². The highest BCUT2D eigenvalue weighted by Crippen LogP contribution is 2.23. The lowest BCUT2D eigenvalue weighted by Gasteiger charge is -2.14. The number of hydrogen-bond acceptors (Lipinski definition) is 8. The Morgan fingerprint density at radius 1 is 0.808 bits per heavy atom. The molecule has 0 spiro atoms. The molecule has 0 bridgehead atoms. The van der Waals surface area contributed by atoms with Crippen LogP contribution in [0.5, 0.6) is 0 Å². The Bertz CT molecular complexity index is 709. The van der Waals surface area contributed by atoms with Crippen LogP contribution in [0.15, 0.2) is 24.8 Å². The SMILES string of the molecule is CCOC(=O)C(C(=O)OCC)c1nccnc1Cl.Clc1nccnc1Cl. The fourth-order valence-corrected chi connectivity index (χ4v) is 2.02. The molecule has 0 aliphatic rings. The second kappa shape index (κ2) is 11.6. The van der Waals surface area contributed by atoms with Gasteiger partial charge in [0, 0.05) is 24.8 Å². The monoisotopic (exact) mass is 420 g/mol. The quantitative estimate of drug-likeness (QED) is 0.536. The summed E-state index contributed by atoms with van der Waals surface area (Å²) in [5.41, 5.74) is 0.0380. The molecule has 2 rings (SSSR count). The van der Waals surface area contributed by atoms with Crippen LogP contribution in [-0.2, 0) is 19.1 Å². The van der Waals surface area contributed by atoms with Gasteiger partial charge in [0.1, 0.15) is 5.69 Å². The molecule has 0 radical (unpaired) electrons. The van der Waals surface area contributed by atoms with E-state index in [0.717, 1.165) is 0 Å². The van der Waals surface area contributed by atoms with Crippen molar-refractivity contribution in [2.45, 2.75) is 19.8 Å². The summed E-state index contributed by atoms with van der Waals surface area (Å²) in [6.45, 7) is 3.57. The molecule has 0 atom stereocenters. The van der Waals surface area contributed by atoms with E-state index in [2.05, 4.69) is 19.9 Å². The first-order valence-electron chi connectivity index (χ1n) is 7.33. The maximum absolute atomic E-state index is 11.8. The molecular formula is C15H15Cl3N4O4. The number of ether oxygens (including phenoxy) is 2. The Balaban J connectivity index is 0.000000350. The zero-order valence-corrected chi connectivity index (χ0v) is 16.1. The van der Waals surface area contributed by atoms with Crippen molar-refractivity contribution in [3.63, 3.8) is 0 Å². The van der Waals surface area contributed by atoms with E-state index in [0.29, 0.717) is 0 Å². The molecule has 0 unspecified atom stereocenters. The van der Waals surface area contributed by atoms with Crippen LogP contribution in [0.2, 0.25) is 15.5 Å². The Labute approximate surface area is 164 Å². The highest BCUT2D eigenvalue weighted by atomic mass is 35.5. The fourth-order valence-electron chi connectivity index (χ4n) is 1.60.